The van der Waals surface area contributed by atoms with E-state index in [1.807, 2.05) is 12.1 Å². The van der Waals surface area contributed by atoms with E-state index in [-0.39, 0.29) is 11.9 Å². The molecule has 0 radical (unpaired) electrons. The van der Waals surface area contributed by atoms with E-state index in [1.165, 1.54) is 108 Å². The predicted molar refractivity (Wildman–Crippen MR) is 147 cm³/mol. The van der Waals surface area contributed by atoms with Crippen LogP contribution in [0, 0.1) is 29.6 Å². The van der Waals surface area contributed by atoms with Crippen molar-refractivity contribution in [2.24, 2.45) is 29.6 Å². The Labute approximate surface area is 216 Å². The van der Waals surface area contributed by atoms with Crippen LogP contribution in [0.25, 0.3) is 0 Å². The number of rotatable bonds is 10. The summed E-state index contributed by atoms with van der Waals surface area (Å²) in [7, 11) is 0. The average molecular weight is 481 g/mol. The summed E-state index contributed by atoms with van der Waals surface area (Å²) >= 11 is 0. The third kappa shape index (κ3) is 7.83. The molecule has 0 spiro atoms. The minimum Gasteiger partial charge on any atom is -0.426 e. The molecule has 0 bridgehead atoms. The van der Waals surface area contributed by atoms with Crippen molar-refractivity contribution in [3.8, 4) is 5.75 Å². The van der Waals surface area contributed by atoms with E-state index >= 15 is 0 Å². The van der Waals surface area contributed by atoms with Gasteiger partial charge in [-0.2, -0.15) is 0 Å². The minimum atomic E-state index is 0.0101. The zero-order valence-electron chi connectivity index (χ0n) is 22.8. The first kappa shape index (κ1) is 26.7. The summed E-state index contributed by atoms with van der Waals surface area (Å²) in [6, 6.07) is 8.50. The lowest BCUT2D eigenvalue weighted by Gasteiger charge is -2.37. The van der Waals surface area contributed by atoms with Gasteiger partial charge in [-0.25, -0.2) is 0 Å². The van der Waals surface area contributed by atoms with E-state index in [0.717, 1.165) is 42.3 Å². The van der Waals surface area contributed by atoms with Gasteiger partial charge in [0.15, 0.2) is 0 Å². The Morgan fingerprint density at radius 1 is 0.686 bits per heavy atom. The van der Waals surface area contributed by atoms with Gasteiger partial charge in [-0.05, 0) is 111 Å². The van der Waals surface area contributed by atoms with E-state index in [4.69, 9.17) is 4.74 Å². The van der Waals surface area contributed by atoms with Gasteiger partial charge in [0.05, 0.1) is 5.92 Å². The van der Waals surface area contributed by atoms with Gasteiger partial charge >= 0.3 is 5.97 Å². The van der Waals surface area contributed by atoms with Crippen molar-refractivity contribution in [3.05, 3.63) is 29.8 Å². The van der Waals surface area contributed by atoms with E-state index in [1.54, 1.807) is 0 Å². The SMILES string of the molecule is CCCCCC1CCC(C2CCC(C(=O)Oc3ccc(C4CCC(CCC)CC4)cc3)CC2)CC1. The number of hydrogen-bond donors (Lipinski definition) is 0. The molecule has 0 aromatic heterocycles. The Hall–Kier alpha value is -1.31. The quantitative estimate of drug-likeness (QED) is 0.189. The number of hydrogen-bond acceptors (Lipinski definition) is 2. The molecule has 4 rings (SSSR count). The smallest absolute Gasteiger partial charge is 0.314 e. The zero-order chi connectivity index (χ0) is 24.5. The Balaban J connectivity index is 1.16. The van der Waals surface area contributed by atoms with Gasteiger partial charge in [0.1, 0.15) is 5.75 Å². The molecule has 0 unspecified atom stereocenters. The van der Waals surface area contributed by atoms with Crippen molar-refractivity contribution in [2.75, 3.05) is 0 Å². The van der Waals surface area contributed by atoms with Gasteiger partial charge in [-0.3, -0.25) is 4.79 Å². The first-order valence-electron chi connectivity index (χ1n) is 15.5. The summed E-state index contributed by atoms with van der Waals surface area (Å²) in [5.74, 6) is 5.24. The molecule has 2 nitrogen and oxygen atoms in total. The molecule has 3 aliphatic carbocycles. The van der Waals surface area contributed by atoms with Crippen LogP contribution >= 0.6 is 0 Å². The second-order valence-corrected chi connectivity index (χ2v) is 12.4. The van der Waals surface area contributed by atoms with Crippen LogP contribution in [-0.2, 0) is 4.79 Å². The van der Waals surface area contributed by atoms with Gasteiger partial charge in [0, 0.05) is 0 Å². The lowest BCUT2D eigenvalue weighted by atomic mass is 9.68. The summed E-state index contributed by atoms with van der Waals surface area (Å²) in [5.41, 5.74) is 1.43. The largest absolute Gasteiger partial charge is 0.426 e. The summed E-state index contributed by atoms with van der Waals surface area (Å²) in [5, 5.41) is 0. The van der Waals surface area contributed by atoms with Crippen molar-refractivity contribution in [2.45, 2.75) is 135 Å². The molecule has 2 heteroatoms. The van der Waals surface area contributed by atoms with Crippen LogP contribution < -0.4 is 4.74 Å². The van der Waals surface area contributed by atoms with E-state index in [9.17, 15) is 4.79 Å². The molecular weight excluding hydrogens is 428 g/mol. The molecule has 0 heterocycles. The van der Waals surface area contributed by atoms with Gasteiger partial charge in [-0.1, -0.05) is 77.3 Å². The van der Waals surface area contributed by atoms with Gasteiger partial charge in [0.25, 0.3) is 0 Å². The standard InChI is InChI=1S/C33H52O2/c1-3-5-6-8-26-11-15-27(16-12-26)29-17-19-31(20-18-29)33(34)35-32-23-21-30(22-24-32)28-13-9-25(7-4-2)10-14-28/h21-29,31H,3-20H2,1-2H3. The Bertz CT molecular complexity index is 729. The number of ether oxygens (including phenoxy) is 1. The van der Waals surface area contributed by atoms with Crippen LogP contribution in [0.15, 0.2) is 24.3 Å². The zero-order valence-corrected chi connectivity index (χ0v) is 22.8. The number of carbonyl (C=O) groups is 1. The van der Waals surface area contributed by atoms with Crippen molar-refractivity contribution >= 4 is 5.97 Å². The van der Waals surface area contributed by atoms with Gasteiger partial charge < -0.3 is 4.74 Å². The molecule has 35 heavy (non-hydrogen) atoms. The molecule has 3 saturated carbocycles. The average Bonchev–Trinajstić information content (AvgIpc) is 2.90. The second-order valence-electron chi connectivity index (χ2n) is 12.4. The Kier molecular flexibility index (Phi) is 10.6. The lowest BCUT2D eigenvalue weighted by Crippen LogP contribution is -2.30. The molecule has 0 atom stereocenters. The van der Waals surface area contributed by atoms with Crippen LogP contribution in [0.2, 0.25) is 0 Å². The highest BCUT2D eigenvalue weighted by molar-refractivity contribution is 5.75. The molecular formula is C33H52O2. The topological polar surface area (TPSA) is 26.3 Å². The van der Waals surface area contributed by atoms with Crippen molar-refractivity contribution in [3.63, 3.8) is 0 Å². The highest BCUT2D eigenvalue weighted by atomic mass is 16.5. The summed E-state index contributed by atoms with van der Waals surface area (Å²) in [6.45, 7) is 4.61. The maximum Gasteiger partial charge on any atom is 0.314 e. The van der Waals surface area contributed by atoms with Crippen molar-refractivity contribution in [1.82, 2.24) is 0 Å². The number of unbranched alkanes of at least 4 members (excludes halogenated alkanes) is 2. The Morgan fingerprint density at radius 3 is 1.86 bits per heavy atom. The summed E-state index contributed by atoms with van der Waals surface area (Å²) < 4.78 is 5.85. The highest BCUT2D eigenvalue weighted by Crippen LogP contribution is 2.43. The van der Waals surface area contributed by atoms with Gasteiger partial charge in [0.2, 0.25) is 0 Å². The second kappa shape index (κ2) is 13.8. The fourth-order valence-electron chi connectivity index (χ4n) is 7.66. The third-order valence-electron chi connectivity index (χ3n) is 9.99. The molecule has 0 saturated heterocycles. The number of carbonyl (C=O) groups excluding carboxylic acids is 1. The van der Waals surface area contributed by atoms with Gasteiger partial charge in [-0.15, -0.1) is 0 Å². The molecule has 0 N–H and O–H groups in total. The molecule has 0 aliphatic heterocycles. The first-order chi connectivity index (χ1) is 17.2. The highest BCUT2D eigenvalue weighted by Gasteiger charge is 2.33. The van der Waals surface area contributed by atoms with Crippen molar-refractivity contribution in [1.29, 1.82) is 0 Å². The summed E-state index contributed by atoms with van der Waals surface area (Å²) in [4.78, 5) is 12.9. The molecule has 196 valence electrons. The molecule has 1 aromatic carbocycles. The normalized spacial score (nSPS) is 31.7. The third-order valence-corrected chi connectivity index (χ3v) is 9.99. The fourth-order valence-corrected chi connectivity index (χ4v) is 7.66. The molecule has 1 aromatic rings. The van der Waals surface area contributed by atoms with Crippen LogP contribution in [0.4, 0.5) is 0 Å². The molecule has 3 aliphatic rings. The van der Waals surface area contributed by atoms with Crippen LogP contribution in [0.3, 0.4) is 0 Å². The van der Waals surface area contributed by atoms with Crippen molar-refractivity contribution < 1.29 is 9.53 Å². The maximum atomic E-state index is 12.9. The number of esters is 1. The predicted octanol–water partition coefficient (Wildman–Crippen LogP) is 9.86. The maximum absolute atomic E-state index is 12.9. The van der Waals surface area contributed by atoms with E-state index in [2.05, 4.69) is 26.0 Å². The fraction of sp³-hybridized carbons (Fsp3) is 0.788. The van der Waals surface area contributed by atoms with Crippen LogP contribution in [0.1, 0.15) is 141 Å². The van der Waals surface area contributed by atoms with Crippen LogP contribution in [0.5, 0.6) is 5.75 Å². The molecule has 0 amide bonds. The monoisotopic (exact) mass is 480 g/mol. The number of benzene rings is 1. The first-order valence-corrected chi connectivity index (χ1v) is 15.5. The summed E-state index contributed by atoms with van der Waals surface area (Å²) in [6.07, 6.45) is 24.0. The van der Waals surface area contributed by atoms with E-state index < -0.39 is 0 Å². The van der Waals surface area contributed by atoms with Crippen LogP contribution in [-0.4, -0.2) is 5.97 Å². The Morgan fingerprint density at radius 2 is 1.26 bits per heavy atom. The molecule has 3 fully saturated rings. The van der Waals surface area contributed by atoms with E-state index in [0.29, 0.717) is 5.92 Å². The lowest BCUT2D eigenvalue weighted by molar-refractivity contribution is -0.140. The minimum absolute atomic E-state index is 0.0101.